The van der Waals surface area contributed by atoms with Crippen molar-refractivity contribution < 1.29 is 4.74 Å². The Kier molecular flexibility index (Phi) is 8.39. The van der Waals surface area contributed by atoms with Crippen molar-refractivity contribution >= 4 is 5.96 Å². The molecule has 6 heteroatoms. The second kappa shape index (κ2) is 11.3. The first-order valence-corrected chi connectivity index (χ1v) is 10.4. The van der Waals surface area contributed by atoms with Gasteiger partial charge in [0.05, 0.1) is 19.8 Å². The number of morpholine rings is 1. The lowest BCUT2D eigenvalue weighted by Crippen LogP contribution is -2.39. The van der Waals surface area contributed by atoms with Gasteiger partial charge in [0, 0.05) is 26.2 Å². The second-order valence-corrected chi connectivity index (χ2v) is 7.54. The van der Waals surface area contributed by atoms with Gasteiger partial charge in [0.15, 0.2) is 5.96 Å². The van der Waals surface area contributed by atoms with Gasteiger partial charge in [0.25, 0.3) is 0 Å². The van der Waals surface area contributed by atoms with E-state index < -0.39 is 0 Å². The summed E-state index contributed by atoms with van der Waals surface area (Å²) in [5.41, 5.74) is 8.73. The van der Waals surface area contributed by atoms with Crippen molar-refractivity contribution in [1.82, 2.24) is 15.1 Å². The number of nitrogens with two attached hydrogens (primary N) is 1. The SMILES string of the molecule is NC(=NCc1ccccc1CN1CCCCC1)NCCCN1CCOCC1. The van der Waals surface area contributed by atoms with Gasteiger partial charge in [0.2, 0.25) is 0 Å². The molecule has 2 saturated heterocycles. The molecule has 3 N–H and O–H groups in total. The molecule has 3 rings (SSSR count). The minimum absolute atomic E-state index is 0.546. The van der Waals surface area contributed by atoms with Crippen LogP contribution in [0.2, 0.25) is 0 Å². The number of rotatable bonds is 8. The zero-order valence-electron chi connectivity index (χ0n) is 16.5. The summed E-state index contributed by atoms with van der Waals surface area (Å²) in [4.78, 5) is 9.56. The lowest BCUT2D eigenvalue weighted by Gasteiger charge is -2.27. The van der Waals surface area contributed by atoms with E-state index in [2.05, 4.69) is 44.4 Å². The molecule has 0 unspecified atom stereocenters. The van der Waals surface area contributed by atoms with Gasteiger partial charge in [-0.2, -0.15) is 0 Å². The van der Waals surface area contributed by atoms with Crippen LogP contribution in [-0.2, 0) is 17.8 Å². The second-order valence-electron chi connectivity index (χ2n) is 7.54. The van der Waals surface area contributed by atoms with Crippen molar-refractivity contribution in [1.29, 1.82) is 0 Å². The van der Waals surface area contributed by atoms with E-state index in [9.17, 15) is 0 Å². The Balaban J connectivity index is 1.41. The Hall–Kier alpha value is -1.63. The van der Waals surface area contributed by atoms with E-state index in [0.717, 1.165) is 52.4 Å². The molecule has 0 aliphatic carbocycles. The first-order valence-electron chi connectivity index (χ1n) is 10.4. The van der Waals surface area contributed by atoms with Gasteiger partial charge in [0.1, 0.15) is 0 Å². The molecule has 0 saturated carbocycles. The van der Waals surface area contributed by atoms with Crippen molar-refractivity contribution in [2.45, 2.75) is 38.8 Å². The summed E-state index contributed by atoms with van der Waals surface area (Å²) in [7, 11) is 0. The smallest absolute Gasteiger partial charge is 0.188 e. The minimum Gasteiger partial charge on any atom is -0.379 e. The number of hydrogen-bond donors (Lipinski definition) is 2. The van der Waals surface area contributed by atoms with Gasteiger partial charge in [-0.05, 0) is 50.0 Å². The van der Waals surface area contributed by atoms with Crippen LogP contribution in [-0.4, -0.2) is 68.2 Å². The van der Waals surface area contributed by atoms with E-state index >= 15 is 0 Å². The number of nitrogens with one attached hydrogen (secondary N) is 1. The summed E-state index contributed by atoms with van der Waals surface area (Å²) in [5.74, 6) is 0.546. The van der Waals surface area contributed by atoms with E-state index in [1.807, 2.05) is 0 Å². The third-order valence-corrected chi connectivity index (χ3v) is 5.44. The van der Waals surface area contributed by atoms with Gasteiger partial charge in [-0.3, -0.25) is 9.80 Å². The minimum atomic E-state index is 0.546. The average molecular weight is 374 g/mol. The molecule has 27 heavy (non-hydrogen) atoms. The van der Waals surface area contributed by atoms with E-state index in [0.29, 0.717) is 12.5 Å². The first-order chi connectivity index (χ1) is 13.3. The maximum atomic E-state index is 6.07. The Morgan fingerprint density at radius 2 is 1.74 bits per heavy atom. The van der Waals surface area contributed by atoms with Crippen molar-refractivity contribution in [2.75, 3.05) is 52.5 Å². The molecule has 0 atom stereocenters. The highest BCUT2D eigenvalue weighted by Gasteiger charge is 2.12. The van der Waals surface area contributed by atoms with Crippen molar-refractivity contribution in [3.63, 3.8) is 0 Å². The van der Waals surface area contributed by atoms with Crippen LogP contribution in [0.4, 0.5) is 0 Å². The van der Waals surface area contributed by atoms with Gasteiger partial charge in [-0.25, -0.2) is 4.99 Å². The average Bonchev–Trinajstić information content (AvgIpc) is 2.72. The van der Waals surface area contributed by atoms with E-state index in [1.54, 1.807) is 0 Å². The molecule has 150 valence electrons. The molecule has 1 aromatic carbocycles. The Morgan fingerprint density at radius 3 is 2.52 bits per heavy atom. The largest absolute Gasteiger partial charge is 0.379 e. The van der Waals surface area contributed by atoms with Crippen molar-refractivity contribution in [3.05, 3.63) is 35.4 Å². The molecule has 1 aromatic rings. The molecule has 2 fully saturated rings. The van der Waals surface area contributed by atoms with Crippen LogP contribution in [0.5, 0.6) is 0 Å². The molecular formula is C21H35N5O. The molecule has 0 radical (unpaired) electrons. The maximum Gasteiger partial charge on any atom is 0.188 e. The highest BCUT2D eigenvalue weighted by molar-refractivity contribution is 5.77. The Morgan fingerprint density at radius 1 is 1.00 bits per heavy atom. The molecule has 0 bridgehead atoms. The monoisotopic (exact) mass is 373 g/mol. The van der Waals surface area contributed by atoms with Crippen LogP contribution in [0.15, 0.2) is 29.3 Å². The summed E-state index contributed by atoms with van der Waals surface area (Å²) in [6.07, 6.45) is 5.08. The molecular weight excluding hydrogens is 338 g/mol. The molecule has 0 amide bonds. The highest BCUT2D eigenvalue weighted by Crippen LogP contribution is 2.16. The Bertz CT molecular complexity index is 580. The molecule has 2 aliphatic rings. The lowest BCUT2D eigenvalue weighted by molar-refractivity contribution is 0.0376. The van der Waals surface area contributed by atoms with Crippen LogP contribution < -0.4 is 11.1 Å². The zero-order valence-corrected chi connectivity index (χ0v) is 16.5. The van der Waals surface area contributed by atoms with Crippen LogP contribution in [0.25, 0.3) is 0 Å². The van der Waals surface area contributed by atoms with Crippen LogP contribution in [0.1, 0.15) is 36.8 Å². The predicted molar refractivity (Wildman–Crippen MR) is 111 cm³/mol. The molecule has 2 heterocycles. The summed E-state index contributed by atoms with van der Waals surface area (Å²) in [5, 5.41) is 3.25. The number of piperidine rings is 1. The topological polar surface area (TPSA) is 66.1 Å². The number of nitrogens with zero attached hydrogens (tertiary/aromatic N) is 3. The van der Waals surface area contributed by atoms with Crippen molar-refractivity contribution in [2.24, 2.45) is 10.7 Å². The normalized spacial score (nSPS) is 19.9. The Labute approximate surface area is 163 Å². The zero-order chi connectivity index (χ0) is 18.7. The van der Waals surface area contributed by atoms with E-state index in [1.165, 1.54) is 43.5 Å². The fraction of sp³-hybridized carbons (Fsp3) is 0.667. The van der Waals surface area contributed by atoms with Gasteiger partial charge < -0.3 is 15.8 Å². The van der Waals surface area contributed by atoms with Gasteiger partial charge >= 0.3 is 0 Å². The third kappa shape index (κ3) is 7.13. The number of hydrogen-bond acceptors (Lipinski definition) is 4. The molecule has 0 aromatic heterocycles. The van der Waals surface area contributed by atoms with Crippen molar-refractivity contribution in [3.8, 4) is 0 Å². The first kappa shape index (κ1) is 20.1. The maximum absolute atomic E-state index is 6.07. The van der Waals surface area contributed by atoms with Gasteiger partial charge in [-0.1, -0.05) is 30.7 Å². The number of likely N-dealkylation sites (tertiary alicyclic amines) is 1. The third-order valence-electron chi connectivity index (χ3n) is 5.44. The molecule has 0 spiro atoms. The number of ether oxygens (including phenoxy) is 1. The van der Waals surface area contributed by atoms with Crippen LogP contribution >= 0.6 is 0 Å². The summed E-state index contributed by atoms with van der Waals surface area (Å²) in [6.45, 7) is 9.83. The summed E-state index contributed by atoms with van der Waals surface area (Å²) in [6, 6.07) is 8.62. The predicted octanol–water partition coefficient (Wildman–Crippen LogP) is 1.80. The molecule has 6 nitrogen and oxygen atoms in total. The fourth-order valence-corrected chi connectivity index (χ4v) is 3.79. The quantitative estimate of drug-likeness (QED) is 0.413. The number of benzene rings is 1. The fourth-order valence-electron chi connectivity index (χ4n) is 3.79. The summed E-state index contributed by atoms with van der Waals surface area (Å²) >= 11 is 0. The van der Waals surface area contributed by atoms with E-state index in [4.69, 9.17) is 10.5 Å². The number of guanidine groups is 1. The molecule has 2 aliphatic heterocycles. The van der Waals surface area contributed by atoms with Gasteiger partial charge in [-0.15, -0.1) is 0 Å². The number of aliphatic imine (C=N–C) groups is 1. The van der Waals surface area contributed by atoms with Crippen LogP contribution in [0, 0.1) is 0 Å². The lowest BCUT2D eigenvalue weighted by atomic mass is 10.1. The highest BCUT2D eigenvalue weighted by atomic mass is 16.5. The van der Waals surface area contributed by atoms with E-state index in [-0.39, 0.29) is 0 Å². The standard InChI is InChI=1S/C21H35N5O/c22-21(23-9-6-12-25-13-15-27-16-14-25)24-17-19-7-2-3-8-20(19)18-26-10-4-1-5-11-26/h2-3,7-8H,1,4-6,9-18H2,(H3,22,23,24). The van der Waals surface area contributed by atoms with Crippen LogP contribution in [0.3, 0.4) is 0 Å². The summed E-state index contributed by atoms with van der Waals surface area (Å²) < 4.78 is 5.38.